The molecule has 0 rings (SSSR count). The zero-order valence-corrected chi connectivity index (χ0v) is 8.59. The van der Waals surface area contributed by atoms with E-state index in [0.29, 0.717) is 6.04 Å². The summed E-state index contributed by atoms with van der Waals surface area (Å²) in [5, 5.41) is 0. The molecule has 1 nitrogen and oxygen atoms in total. The molecule has 0 saturated carbocycles. The highest BCUT2D eigenvalue weighted by molar-refractivity contribution is 4.83. The van der Waals surface area contributed by atoms with Crippen LogP contribution in [0, 0.1) is 0 Å². The van der Waals surface area contributed by atoms with Crippen LogP contribution in [0.2, 0.25) is 0 Å². The summed E-state index contributed by atoms with van der Waals surface area (Å²) in [6.07, 6.45) is 4.43. The Morgan fingerprint density at radius 2 is 1.73 bits per heavy atom. The summed E-state index contributed by atoms with van der Waals surface area (Å²) in [6.45, 7) is 11.3. The highest BCUT2D eigenvalue weighted by Gasteiger charge is 2.21. The van der Waals surface area contributed by atoms with Crippen molar-refractivity contribution in [2.24, 2.45) is 0 Å². The van der Waals surface area contributed by atoms with Crippen LogP contribution in [0.3, 0.4) is 0 Å². The minimum absolute atomic E-state index is 0.648. The van der Waals surface area contributed by atoms with Crippen LogP contribution in [0.4, 0.5) is 0 Å². The molecule has 0 aliphatic heterocycles. The van der Waals surface area contributed by atoms with Gasteiger partial charge in [-0.2, -0.15) is 0 Å². The largest absolute Gasteiger partial charge is 0.321 e. The van der Waals surface area contributed by atoms with Gasteiger partial charge < -0.3 is 4.48 Å². The van der Waals surface area contributed by atoms with Gasteiger partial charge in [0.15, 0.2) is 0 Å². The number of allylic oxidation sites excluding steroid dienone is 1. The van der Waals surface area contributed by atoms with Crippen LogP contribution in [0.5, 0.6) is 0 Å². The third-order valence-corrected chi connectivity index (χ3v) is 2.90. The van der Waals surface area contributed by atoms with Gasteiger partial charge in [-0.25, -0.2) is 0 Å². The van der Waals surface area contributed by atoms with E-state index < -0.39 is 0 Å². The molecule has 0 saturated heterocycles. The van der Waals surface area contributed by atoms with Crippen molar-refractivity contribution in [2.45, 2.75) is 33.7 Å². The van der Waals surface area contributed by atoms with E-state index >= 15 is 0 Å². The molecule has 0 aromatic carbocycles. The van der Waals surface area contributed by atoms with Crippen molar-refractivity contribution >= 4 is 0 Å². The van der Waals surface area contributed by atoms with Crippen molar-refractivity contribution in [2.75, 3.05) is 20.1 Å². The Hall–Kier alpha value is -0.300. The van der Waals surface area contributed by atoms with E-state index in [0.717, 1.165) is 4.48 Å². The average Bonchev–Trinajstić information content (AvgIpc) is 2.03. The predicted octanol–water partition coefficient (Wildman–Crippen LogP) is 2.44. The molecule has 0 radical (unpaired) electrons. The Labute approximate surface area is 71.3 Å². The molecule has 0 N–H and O–H groups in total. The SMILES string of the molecule is CC=CC(C)[N+](C)(CC)CC. The summed E-state index contributed by atoms with van der Waals surface area (Å²) < 4.78 is 1.14. The van der Waals surface area contributed by atoms with E-state index in [1.807, 2.05) is 0 Å². The molecule has 1 unspecified atom stereocenters. The highest BCUT2D eigenvalue weighted by Crippen LogP contribution is 2.10. The van der Waals surface area contributed by atoms with E-state index in [2.05, 4.69) is 46.9 Å². The molecule has 0 aliphatic rings. The molecule has 0 aromatic heterocycles. The Balaban J connectivity index is 4.23. The fraction of sp³-hybridized carbons (Fsp3) is 0.800. The van der Waals surface area contributed by atoms with Crippen molar-refractivity contribution in [3.8, 4) is 0 Å². The number of hydrogen-bond donors (Lipinski definition) is 0. The lowest BCUT2D eigenvalue weighted by Crippen LogP contribution is -2.49. The quantitative estimate of drug-likeness (QED) is 0.433. The number of likely N-dealkylation sites (N-methyl/N-ethyl adjacent to an activating group) is 1. The summed E-state index contributed by atoms with van der Waals surface area (Å²) in [5.41, 5.74) is 0. The second-order valence-electron chi connectivity index (χ2n) is 3.38. The van der Waals surface area contributed by atoms with Crippen molar-refractivity contribution in [1.29, 1.82) is 0 Å². The van der Waals surface area contributed by atoms with Gasteiger partial charge in [0.1, 0.15) is 6.04 Å². The zero-order chi connectivity index (χ0) is 8.91. The van der Waals surface area contributed by atoms with Crippen molar-refractivity contribution in [1.82, 2.24) is 0 Å². The molecule has 11 heavy (non-hydrogen) atoms. The first-order valence-electron chi connectivity index (χ1n) is 4.57. The summed E-state index contributed by atoms with van der Waals surface area (Å²) >= 11 is 0. The van der Waals surface area contributed by atoms with Crippen LogP contribution in [0.1, 0.15) is 27.7 Å². The number of hydrogen-bond acceptors (Lipinski definition) is 0. The zero-order valence-electron chi connectivity index (χ0n) is 8.59. The predicted molar refractivity (Wildman–Crippen MR) is 51.5 cm³/mol. The molecule has 0 aliphatic carbocycles. The van der Waals surface area contributed by atoms with Gasteiger partial charge in [0, 0.05) is 0 Å². The first kappa shape index (κ1) is 10.7. The summed E-state index contributed by atoms with van der Waals surface area (Å²) in [6, 6.07) is 0.648. The van der Waals surface area contributed by atoms with Crippen LogP contribution < -0.4 is 0 Å². The van der Waals surface area contributed by atoms with Crippen LogP contribution in [0.15, 0.2) is 12.2 Å². The second kappa shape index (κ2) is 4.55. The lowest BCUT2D eigenvalue weighted by molar-refractivity contribution is -0.921. The maximum absolute atomic E-state index is 2.31. The number of nitrogens with zero attached hydrogens (tertiary/aromatic N) is 1. The Morgan fingerprint density at radius 3 is 2.00 bits per heavy atom. The molecule has 1 heteroatoms. The van der Waals surface area contributed by atoms with Gasteiger partial charge in [-0.3, -0.25) is 0 Å². The Kier molecular flexibility index (Phi) is 4.43. The third kappa shape index (κ3) is 2.66. The number of rotatable bonds is 4. The van der Waals surface area contributed by atoms with Gasteiger partial charge >= 0.3 is 0 Å². The fourth-order valence-corrected chi connectivity index (χ4v) is 1.29. The van der Waals surface area contributed by atoms with E-state index in [9.17, 15) is 0 Å². The van der Waals surface area contributed by atoms with Crippen molar-refractivity contribution in [3.63, 3.8) is 0 Å². The van der Waals surface area contributed by atoms with E-state index in [1.54, 1.807) is 0 Å². The highest BCUT2D eigenvalue weighted by atomic mass is 15.3. The monoisotopic (exact) mass is 156 g/mol. The Morgan fingerprint density at radius 1 is 1.27 bits per heavy atom. The van der Waals surface area contributed by atoms with E-state index in [1.165, 1.54) is 13.1 Å². The van der Waals surface area contributed by atoms with Crippen molar-refractivity contribution < 1.29 is 4.48 Å². The van der Waals surface area contributed by atoms with Gasteiger partial charge in [-0.15, -0.1) is 0 Å². The summed E-state index contributed by atoms with van der Waals surface area (Å²) in [5.74, 6) is 0. The smallest absolute Gasteiger partial charge is 0.105 e. The van der Waals surface area contributed by atoms with Gasteiger partial charge in [0.05, 0.1) is 20.1 Å². The molecule has 0 spiro atoms. The molecular weight excluding hydrogens is 134 g/mol. The minimum Gasteiger partial charge on any atom is -0.321 e. The Bertz CT molecular complexity index is 123. The molecule has 0 heterocycles. The normalized spacial score (nSPS) is 15.7. The molecule has 0 amide bonds. The maximum Gasteiger partial charge on any atom is 0.105 e. The van der Waals surface area contributed by atoms with Gasteiger partial charge in [0.25, 0.3) is 0 Å². The minimum atomic E-state index is 0.648. The lowest BCUT2D eigenvalue weighted by atomic mass is 10.2. The third-order valence-electron chi connectivity index (χ3n) is 2.90. The summed E-state index contributed by atoms with van der Waals surface area (Å²) in [7, 11) is 2.31. The standard InChI is InChI=1S/C10H22N/c1-6-9-10(4)11(5,7-2)8-3/h6,9-10H,7-8H2,1-5H3/q+1. The van der Waals surface area contributed by atoms with Gasteiger partial charge in [-0.1, -0.05) is 6.08 Å². The maximum atomic E-state index is 2.31. The first-order chi connectivity index (χ1) is 5.10. The van der Waals surface area contributed by atoms with Gasteiger partial charge in [0.2, 0.25) is 0 Å². The summed E-state index contributed by atoms with van der Waals surface area (Å²) in [4.78, 5) is 0. The fourth-order valence-electron chi connectivity index (χ4n) is 1.29. The molecule has 1 atom stereocenters. The van der Waals surface area contributed by atoms with Crippen LogP contribution >= 0.6 is 0 Å². The van der Waals surface area contributed by atoms with Gasteiger partial charge in [-0.05, 0) is 33.8 Å². The van der Waals surface area contributed by atoms with E-state index in [4.69, 9.17) is 0 Å². The van der Waals surface area contributed by atoms with Crippen molar-refractivity contribution in [3.05, 3.63) is 12.2 Å². The first-order valence-corrected chi connectivity index (χ1v) is 4.57. The molecule has 66 valence electrons. The number of quaternary nitrogens is 1. The second-order valence-corrected chi connectivity index (χ2v) is 3.38. The van der Waals surface area contributed by atoms with Crippen LogP contribution in [-0.2, 0) is 0 Å². The molecule has 0 bridgehead atoms. The molecule has 0 fully saturated rings. The van der Waals surface area contributed by atoms with Crippen LogP contribution in [-0.4, -0.2) is 30.7 Å². The average molecular weight is 156 g/mol. The molecular formula is C10H22N+. The van der Waals surface area contributed by atoms with E-state index in [-0.39, 0.29) is 0 Å². The molecule has 0 aromatic rings. The topological polar surface area (TPSA) is 0 Å². The lowest BCUT2D eigenvalue weighted by Gasteiger charge is -2.36. The van der Waals surface area contributed by atoms with Crippen LogP contribution in [0.25, 0.3) is 0 Å².